The van der Waals surface area contributed by atoms with Gasteiger partial charge < -0.3 is 14.7 Å². The van der Waals surface area contributed by atoms with E-state index in [4.69, 9.17) is 14.7 Å². The molecule has 0 aromatic heterocycles. The Balaban J connectivity index is 2.36. The molecule has 0 atom stereocenters. The van der Waals surface area contributed by atoms with Crippen LogP contribution in [-0.4, -0.2) is 30.2 Å². The molecule has 0 saturated heterocycles. The minimum Gasteiger partial charge on any atom is -0.491 e. The number of hydrogen-bond acceptors (Lipinski definition) is 4. The van der Waals surface area contributed by atoms with Gasteiger partial charge in [-0.1, -0.05) is 17.3 Å². The fourth-order valence-electron chi connectivity index (χ4n) is 1.48. The molecule has 1 rings (SSSR count). The molecular formula is C14H21NO3. The van der Waals surface area contributed by atoms with Crippen LogP contribution >= 0.6 is 0 Å². The zero-order valence-corrected chi connectivity index (χ0v) is 11.2. The van der Waals surface area contributed by atoms with Gasteiger partial charge in [0, 0.05) is 6.42 Å². The Hall–Kier alpha value is -1.55. The predicted molar refractivity (Wildman–Crippen MR) is 71.6 cm³/mol. The van der Waals surface area contributed by atoms with Crippen molar-refractivity contribution in [1.82, 2.24) is 0 Å². The molecule has 0 heterocycles. The molecule has 100 valence electrons. The van der Waals surface area contributed by atoms with Gasteiger partial charge >= 0.3 is 0 Å². The van der Waals surface area contributed by atoms with Crippen LogP contribution in [0.3, 0.4) is 0 Å². The molecule has 0 unspecified atom stereocenters. The lowest BCUT2D eigenvalue weighted by molar-refractivity contribution is 0.0552. The summed E-state index contributed by atoms with van der Waals surface area (Å²) in [6, 6.07) is 7.76. The van der Waals surface area contributed by atoms with E-state index in [0.717, 1.165) is 11.3 Å². The highest BCUT2D eigenvalue weighted by Crippen LogP contribution is 2.12. The smallest absolute Gasteiger partial charge is 0.119 e. The largest absolute Gasteiger partial charge is 0.491 e. The molecule has 0 bridgehead atoms. The van der Waals surface area contributed by atoms with Crippen LogP contribution in [0.25, 0.3) is 0 Å². The Morgan fingerprint density at radius 1 is 1.22 bits per heavy atom. The minimum atomic E-state index is 0.233. The van der Waals surface area contributed by atoms with E-state index in [0.29, 0.717) is 25.3 Å². The Kier molecular flexibility index (Phi) is 6.22. The van der Waals surface area contributed by atoms with Crippen LogP contribution in [0.4, 0.5) is 0 Å². The summed E-state index contributed by atoms with van der Waals surface area (Å²) in [6.45, 7) is 6.93. The molecule has 1 aromatic rings. The highest BCUT2D eigenvalue weighted by atomic mass is 16.5. The summed E-state index contributed by atoms with van der Waals surface area (Å²) >= 11 is 0. The van der Waals surface area contributed by atoms with Crippen LogP contribution < -0.4 is 4.74 Å². The van der Waals surface area contributed by atoms with Gasteiger partial charge in [0.05, 0.1) is 18.4 Å². The van der Waals surface area contributed by atoms with E-state index in [2.05, 4.69) is 5.16 Å². The first kappa shape index (κ1) is 14.5. The van der Waals surface area contributed by atoms with Crippen LogP contribution in [-0.2, 0) is 11.2 Å². The third-order valence-corrected chi connectivity index (χ3v) is 2.36. The van der Waals surface area contributed by atoms with Crippen LogP contribution in [0, 0.1) is 0 Å². The van der Waals surface area contributed by atoms with Gasteiger partial charge in [-0.3, -0.25) is 0 Å². The topological polar surface area (TPSA) is 51.0 Å². The first-order valence-electron chi connectivity index (χ1n) is 6.12. The average Bonchev–Trinajstić information content (AvgIpc) is 2.36. The normalized spacial score (nSPS) is 11.9. The quantitative estimate of drug-likeness (QED) is 0.351. The van der Waals surface area contributed by atoms with Gasteiger partial charge in [-0.25, -0.2) is 0 Å². The summed E-state index contributed by atoms with van der Waals surface area (Å²) in [5.41, 5.74) is 1.78. The monoisotopic (exact) mass is 251 g/mol. The molecule has 0 radical (unpaired) electrons. The van der Waals surface area contributed by atoms with Crippen molar-refractivity contribution in [3.63, 3.8) is 0 Å². The van der Waals surface area contributed by atoms with E-state index in [1.807, 2.05) is 38.1 Å². The number of benzene rings is 1. The Morgan fingerprint density at radius 2 is 1.89 bits per heavy atom. The zero-order chi connectivity index (χ0) is 13.4. The molecule has 0 fully saturated rings. The molecule has 1 N–H and O–H groups in total. The van der Waals surface area contributed by atoms with Crippen molar-refractivity contribution in [3.8, 4) is 5.75 Å². The Morgan fingerprint density at radius 3 is 2.44 bits per heavy atom. The van der Waals surface area contributed by atoms with Crippen LogP contribution in [0.5, 0.6) is 5.75 Å². The van der Waals surface area contributed by atoms with E-state index in [1.54, 1.807) is 6.92 Å². The lowest BCUT2D eigenvalue weighted by Gasteiger charge is -2.09. The molecular weight excluding hydrogens is 230 g/mol. The van der Waals surface area contributed by atoms with Crippen molar-refractivity contribution in [2.75, 3.05) is 13.2 Å². The van der Waals surface area contributed by atoms with Gasteiger partial charge in [0.1, 0.15) is 12.4 Å². The Bertz CT molecular complexity index is 371. The lowest BCUT2D eigenvalue weighted by atomic mass is 10.1. The van der Waals surface area contributed by atoms with E-state index in [-0.39, 0.29) is 6.10 Å². The van der Waals surface area contributed by atoms with E-state index < -0.39 is 0 Å². The van der Waals surface area contributed by atoms with Gasteiger partial charge in [-0.05, 0) is 38.5 Å². The van der Waals surface area contributed by atoms with Gasteiger partial charge in [0.15, 0.2) is 0 Å². The molecule has 0 aliphatic carbocycles. The predicted octanol–water partition coefficient (Wildman–Crippen LogP) is 2.88. The SMILES string of the molecule is C/C(Cc1ccc(OCCOC(C)C)cc1)=N\O. The fourth-order valence-corrected chi connectivity index (χ4v) is 1.48. The molecule has 0 aliphatic rings. The lowest BCUT2D eigenvalue weighted by Crippen LogP contribution is -2.11. The Labute approximate surface area is 108 Å². The zero-order valence-electron chi connectivity index (χ0n) is 11.2. The first-order valence-corrected chi connectivity index (χ1v) is 6.12. The molecule has 1 aromatic carbocycles. The van der Waals surface area contributed by atoms with Crippen LogP contribution in [0.15, 0.2) is 29.4 Å². The summed E-state index contributed by atoms with van der Waals surface area (Å²) in [7, 11) is 0. The van der Waals surface area contributed by atoms with Gasteiger partial charge in [0.2, 0.25) is 0 Å². The van der Waals surface area contributed by atoms with E-state index in [1.165, 1.54) is 0 Å². The maximum absolute atomic E-state index is 8.59. The number of oxime groups is 1. The standard InChI is InChI=1S/C14H21NO3/c1-11(2)17-8-9-18-14-6-4-13(5-7-14)10-12(3)15-16/h4-7,11,16H,8-10H2,1-3H3/b15-12+. The molecule has 4 nitrogen and oxygen atoms in total. The number of ether oxygens (including phenoxy) is 2. The third kappa shape index (κ3) is 5.68. The second-order valence-corrected chi connectivity index (χ2v) is 4.42. The maximum Gasteiger partial charge on any atom is 0.119 e. The summed E-state index contributed by atoms with van der Waals surface area (Å²) in [5, 5.41) is 11.7. The molecule has 0 spiro atoms. The summed E-state index contributed by atoms with van der Waals surface area (Å²) < 4.78 is 10.9. The number of rotatable bonds is 7. The number of nitrogens with zero attached hydrogens (tertiary/aromatic N) is 1. The van der Waals surface area contributed by atoms with E-state index in [9.17, 15) is 0 Å². The first-order chi connectivity index (χ1) is 8.61. The maximum atomic E-state index is 8.59. The van der Waals surface area contributed by atoms with Gasteiger partial charge in [0.25, 0.3) is 0 Å². The molecule has 0 aliphatic heterocycles. The van der Waals surface area contributed by atoms with E-state index >= 15 is 0 Å². The van der Waals surface area contributed by atoms with Crippen molar-refractivity contribution in [2.45, 2.75) is 33.3 Å². The third-order valence-electron chi connectivity index (χ3n) is 2.36. The van der Waals surface area contributed by atoms with Gasteiger partial charge in [-0.2, -0.15) is 0 Å². The number of hydrogen-bond donors (Lipinski definition) is 1. The van der Waals surface area contributed by atoms with Crippen molar-refractivity contribution in [1.29, 1.82) is 0 Å². The van der Waals surface area contributed by atoms with Crippen molar-refractivity contribution >= 4 is 5.71 Å². The highest BCUT2D eigenvalue weighted by molar-refractivity contribution is 5.83. The average molecular weight is 251 g/mol. The summed E-state index contributed by atoms with van der Waals surface area (Å²) in [4.78, 5) is 0. The van der Waals surface area contributed by atoms with Crippen molar-refractivity contribution < 1.29 is 14.7 Å². The van der Waals surface area contributed by atoms with Crippen molar-refractivity contribution in [2.24, 2.45) is 5.16 Å². The second-order valence-electron chi connectivity index (χ2n) is 4.42. The summed E-state index contributed by atoms with van der Waals surface area (Å²) in [5.74, 6) is 0.824. The van der Waals surface area contributed by atoms with Crippen LogP contribution in [0.2, 0.25) is 0 Å². The summed E-state index contributed by atoms with van der Waals surface area (Å²) in [6.07, 6.45) is 0.879. The van der Waals surface area contributed by atoms with Crippen LogP contribution in [0.1, 0.15) is 26.3 Å². The fraction of sp³-hybridized carbons (Fsp3) is 0.500. The minimum absolute atomic E-state index is 0.233. The van der Waals surface area contributed by atoms with Gasteiger partial charge in [-0.15, -0.1) is 0 Å². The molecule has 0 amide bonds. The van der Waals surface area contributed by atoms with Crippen molar-refractivity contribution in [3.05, 3.63) is 29.8 Å². The molecule has 4 heteroatoms. The highest BCUT2D eigenvalue weighted by Gasteiger charge is 1.99. The molecule has 18 heavy (non-hydrogen) atoms. The second kappa shape index (κ2) is 7.71. The molecule has 0 saturated carbocycles.